The lowest BCUT2D eigenvalue weighted by Gasteiger charge is -2.30. The molecule has 1 aromatic carbocycles. The first-order valence-electron chi connectivity index (χ1n) is 13.3. The summed E-state index contributed by atoms with van der Waals surface area (Å²) < 4.78 is 17.4. The Morgan fingerprint density at radius 2 is 1.78 bits per heavy atom. The van der Waals surface area contributed by atoms with Gasteiger partial charge in [0.2, 0.25) is 0 Å². The van der Waals surface area contributed by atoms with Crippen molar-refractivity contribution < 1.29 is 4.39 Å². The van der Waals surface area contributed by atoms with Crippen LogP contribution < -0.4 is 16.4 Å². The molecule has 1 saturated carbocycles. The number of anilines is 3. The molecule has 3 aromatic heterocycles. The highest BCUT2D eigenvalue weighted by atomic mass is 19.1. The molecule has 3 unspecified atom stereocenters. The largest absolute Gasteiger partial charge is 0.363 e. The summed E-state index contributed by atoms with van der Waals surface area (Å²) in [7, 11) is 2.09. The first-order chi connectivity index (χ1) is 18.0. The van der Waals surface area contributed by atoms with E-state index in [1.54, 1.807) is 6.07 Å². The van der Waals surface area contributed by atoms with E-state index < -0.39 is 0 Å². The zero-order valence-electron chi connectivity index (χ0n) is 21.2. The minimum atomic E-state index is -0.323. The molecule has 0 bridgehead atoms. The molecule has 0 radical (unpaired) electrons. The first-order valence-corrected chi connectivity index (χ1v) is 13.3. The van der Waals surface area contributed by atoms with Crippen molar-refractivity contribution in [1.29, 1.82) is 0 Å². The number of likely N-dealkylation sites (tertiary alicyclic amines) is 1. The van der Waals surface area contributed by atoms with E-state index in [1.165, 1.54) is 0 Å². The van der Waals surface area contributed by atoms with Crippen molar-refractivity contribution in [3.63, 3.8) is 0 Å². The van der Waals surface area contributed by atoms with Gasteiger partial charge in [0.05, 0.1) is 11.4 Å². The van der Waals surface area contributed by atoms with Crippen LogP contribution in [-0.4, -0.2) is 44.9 Å². The first kappa shape index (κ1) is 23.9. The maximum absolute atomic E-state index is 15.4. The van der Waals surface area contributed by atoms with Crippen LogP contribution in [0.4, 0.5) is 21.7 Å². The van der Waals surface area contributed by atoms with Gasteiger partial charge >= 0.3 is 0 Å². The van der Waals surface area contributed by atoms with Crippen LogP contribution in [0.15, 0.2) is 60.9 Å². The molecule has 3 atom stereocenters. The van der Waals surface area contributed by atoms with Crippen molar-refractivity contribution in [3.05, 3.63) is 72.3 Å². The van der Waals surface area contributed by atoms with Crippen LogP contribution >= 0.6 is 0 Å². The lowest BCUT2D eigenvalue weighted by molar-refractivity contribution is 0.317. The summed E-state index contributed by atoms with van der Waals surface area (Å²) in [6, 6.07) is 15.9. The van der Waals surface area contributed by atoms with Crippen LogP contribution in [0, 0.1) is 5.82 Å². The van der Waals surface area contributed by atoms with Crippen LogP contribution in [0.2, 0.25) is 0 Å². The van der Waals surface area contributed by atoms with E-state index in [0.29, 0.717) is 5.82 Å². The highest BCUT2D eigenvalue weighted by Crippen LogP contribution is 2.37. The molecular weight excluding hydrogens is 465 g/mol. The van der Waals surface area contributed by atoms with E-state index in [4.69, 9.17) is 15.7 Å². The van der Waals surface area contributed by atoms with Gasteiger partial charge in [-0.25, -0.2) is 14.4 Å². The van der Waals surface area contributed by atoms with Crippen LogP contribution in [-0.2, 0) is 0 Å². The van der Waals surface area contributed by atoms with E-state index in [2.05, 4.69) is 34.7 Å². The smallest absolute Gasteiger partial charge is 0.165 e. The molecule has 192 valence electrons. The van der Waals surface area contributed by atoms with E-state index in [9.17, 15) is 0 Å². The fraction of sp³-hybridized carbons (Fsp3) is 0.379. The van der Waals surface area contributed by atoms with Gasteiger partial charge in [-0.15, -0.1) is 0 Å². The Morgan fingerprint density at radius 3 is 2.57 bits per heavy atom. The summed E-state index contributed by atoms with van der Waals surface area (Å²) in [6.07, 6.45) is 10.2. The molecule has 1 aliphatic carbocycles. The number of halogens is 1. The number of nitrogens with zero attached hydrogens (tertiary/aromatic N) is 4. The number of aromatic nitrogens is 3. The summed E-state index contributed by atoms with van der Waals surface area (Å²) >= 11 is 0. The van der Waals surface area contributed by atoms with Crippen LogP contribution in [0.5, 0.6) is 0 Å². The number of imidazole rings is 1. The summed E-state index contributed by atoms with van der Waals surface area (Å²) in [5.74, 6) is 0.621. The quantitative estimate of drug-likeness (QED) is 0.314. The number of rotatable bonds is 6. The molecule has 6 rings (SSSR count). The molecule has 4 N–H and O–H groups in total. The van der Waals surface area contributed by atoms with Crippen LogP contribution in [0.3, 0.4) is 0 Å². The maximum atomic E-state index is 15.4. The van der Waals surface area contributed by atoms with Gasteiger partial charge in [-0.05, 0) is 57.5 Å². The SMILES string of the molecule is CN1CCCC1c1cc(F)c(NC2CCCCC2N)nc1Nc1ccc2nc(-c3ccccc3)cn2c1. The molecule has 37 heavy (non-hydrogen) atoms. The van der Waals surface area contributed by atoms with E-state index in [0.717, 1.165) is 73.2 Å². The molecular formula is C29H34FN7. The van der Waals surface area contributed by atoms with Crippen molar-refractivity contribution >= 4 is 23.0 Å². The Labute approximate surface area is 216 Å². The Bertz CT molecular complexity index is 1390. The number of pyridine rings is 2. The molecule has 2 fully saturated rings. The molecule has 7 nitrogen and oxygen atoms in total. The van der Waals surface area contributed by atoms with Gasteiger partial charge in [0.15, 0.2) is 11.6 Å². The second-order valence-corrected chi connectivity index (χ2v) is 10.4. The molecule has 1 saturated heterocycles. The Morgan fingerprint density at radius 1 is 0.946 bits per heavy atom. The standard InChI is InChI=1S/C29H34FN7/c1-36-15-7-12-26(36)21-16-22(30)29(34-24-11-6-5-10-23(24)31)35-28(21)32-20-13-14-27-33-25(18-37(27)17-20)19-8-3-2-4-9-19/h2-4,8-9,13-14,16-18,23-24,26H,5-7,10-12,15,31H2,1H3,(H2,32,34,35). The molecule has 4 aromatic rings. The number of benzene rings is 1. The molecule has 4 heterocycles. The van der Waals surface area contributed by atoms with Gasteiger partial charge in [-0.1, -0.05) is 43.2 Å². The Balaban J connectivity index is 1.34. The van der Waals surface area contributed by atoms with Crippen LogP contribution in [0.1, 0.15) is 50.1 Å². The monoisotopic (exact) mass is 499 g/mol. The molecule has 2 aliphatic rings. The highest BCUT2D eigenvalue weighted by Gasteiger charge is 2.29. The molecule has 0 spiro atoms. The number of nitrogens with two attached hydrogens (primary N) is 1. The van der Waals surface area contributed by atoms with Gasteiger partial charge in [-0.2, -0.15) is 0 Å². The molecule has 0 amide bonds. The van der Waals surface area contributed by atoms with E-state index in [-0.39, 0.29) is 29.8 Å². The lowest BCUT2D eigenvalue weighted by atomic mass is 9.91. The van der Waals surface area contributed by atoms with Crippen molar-refractivity contribution in [2.24, 2.45) is 5.73 Å². The topological polar surface area (TPSA) is 83.5 Å². The van der Waals surface area contributed by atoms with Gasteiger partial charge in [-0.3, -0.25) is 4.90 Å². The van der Waals surface area contributed by atoms with Crippen molar-refractivity contribution in [2.45, 2.75) is 56.7 Å². The van der Waals surface area contributed by atoms with Gasteiger partial charge < -0.3 is 20.8 Å². The Kier molecular flexibility index (Phi) is 6.52. The normalized spacial score (nSPS) is 22.4. The maximum Gasteiger partial charge on any atom is 0.165 e. The second-order valence-electron chi connectivity index (χ2n) is 10.4. The number of nitrogens with one attached hydrogen (secondary N) is 2. The number of fused-ring (bicyclic) bond motifs is 1. The lowest BCUT2D eigenvalue weighted by Crippen LogP contribution is -2.43. The fourth-order valence-electron chi connectivity index (χ4n) is 5.73. The average Bonchev–Trinajstić information content (AvgIpc) is 3.53. The summed E-state index contributed by atoms with van der Waals surface area (Å²) in [5.41, 5.74) is 10.9. The predicted octanol–water partition coefficient (Wildman–Crippen LogP) is 5.73. The van der Waals surface area contributed by atoms with Gasteiger partial charge in [0, 0.05) is 41.6 Å². The van der Waals surface area contributed by atoms with Crippen molar-refractivity contribution in [1.82, 2.24) is 19.3 Å². The number of hydrogen-bond donors (Lipinski definition) is 3. The molecule has 1 aliphatic heterocycles. The summed E-state index contributed by atoms with van der Waals surface area (Å²) in [6.45, 7) is 0.992. The molecule has 8 heteroatoms. The average molecular weight is 500 g/mol. The highest BCUT2D eigenvalue weighted by molar-refractivity contribution is 5.67. The fourth-order valence-corrected chi connectivity index (χ4v) is 5.73. The minimum Gasteiger partial charge on any atom is -0.363 e. The van der Waals surface area contributed by atoms with Gasteiger partial charge in [0.25, 0.3) is 0 Å². The predicted molar refractivity (Wildman–Crippen MR) is 147 cm³/mol. The minimum absolute atomic E-state index is 0.00876. The van der Waals surface area contributed by atoms with E-state index in [1.807, 2.05) is 47.1 Å². The van der Waals surface area contributed by atoms with Gasteiger partial charge in [0.1, 0.15) is 11.5 Å². The second kappa shape index (κ2) is 10.1. The third-order valence-electron chi connectivity index (χ3n) is 7.81. The zero-order valence-corrected chi connectivity index (χ0v) is 21.2. The van der Waals surface area contributed by atoms with Crippen molar-refractivity contribution in [3.8, 4) is 11.3 Å². The zero-order chi connectivity index (χ0) is 25.4. The summed E-state index contributed by atoms with van der Waals surface area (Å²) in [5, 5.41) is 6.83. The number of hydrogen-bond acceptors (Lipinski definition) is 6. The Hall–Kier alpha value is -3.49. The van der Waals surface area contributed by atoms with E-state index >= 15 is 4.39 Å². The van der Waals surface area contributed by atoms with Crippen LogP contribution in [0.25, 0.3) is 16.9 Å². The van der Waals surface area contributed by atoms with Crippen molar-refractivity contribution in [2.75, 3.05) is 24.2 Å². The third kappa shape index (κ3) is 4.91. The summed E-state index contributed by atoms with van der Waals surface area (Å²) in [4.78, 5) is 11.8. The third-order valence-corrected chi connectivity index (χ3v) is 7.81.